The van der Waals surface area contributed by atoms with Crippen molar-refractivity contribution in [2.45, 2.75) is 19.1 Å². The molecule has 102 valence electrons. The average Bonchev–Trinajstić information content (AvgIpc) is 2.86. The minimum Gasteiger partial charge on any atom is -0.488 e. The predicted molar refractivity (Wildman–Crippen MR) is 79.8 cm³/mol. The van der Waals surface area contributed by atoms with Crippen molar-refractivity contribution >= 4 is 0 Å². The van der Waals surface area contributed by atoms with E-state index in [0.717, 1.165) is 31.8 Å². The summed E-state index contributed by atoms with van der Waals surface area (Å²) in [4.78, 5) is 2.52. The lowest BCUT2D eigenvalue weighted by Gasteiger charge is -2.27. The van der Waals surface area contributed by atoms with Gasteiger partial charge in [-0.3, -0.25) is 4.90 Å². The fourth-order valence-electron chi connectivity index (χ4n) is 3.46. The zero-order valence-electron chi connectivity index (χ0n) is 11.5. The number of hydrogen-bond donors (Lipinski definition) is 0. The van der Waals surface area contributed by atoms with Crippen LogP contribution in [0.5, 0.6) is 5.75 Å². The van der Waals surface area contributed by atoms with E-state index in [4.69, 9.17) is 4.74 Å². The summed E-state index contributed by atoms with van der Waals surface area (Å²) in [7, 11) is 0. The molecule has 2 heterocycles. The normalized spacial score (nSPS) is 24.8. The van der Waals surface area contributed by atoms with Crippen LogP contribution in [0.15, 0.2) is 54.6 Å². The van der Waals surface area contributed by atoms with Crippen LogP contribution >= 0.6 is 0 Å². The van der Waals surface area contributed by atoms with Gasteiger partial charge in [0.25, 0.3) is 0 Å². The van der Waals surface area contributed by atoms with Crippen LogP contribution in [0.3, 0.4) is 0 Å². The molecule has 2 atom stereocenters. The molecule has 0 radical (unpaired) electrons. The summed E-state index contributed by atoms with van der Waals surface area (Å²) >= 11 is 0. The summed E-state index contributed by atoms with van der Waals surface area (Å²) in [5, 5.41) is 0. The molecule has 2 aliphatic rings. The smallest absolute Gasteiger partial charge is 0.123 e. The second kappa shape index (κ2) is 4.95. The summed E-state index contributed by atoms with van der Waals surface area (Å²) < 4.78 is 6.18. The Morgan fingerprint density at radius 3 is 2.65 bits per heavy atom. The third-order valence-electron chi connectivity index (χ3n) is 4.44. The van der Waals surface area contributed by atoms with Crippen LogP contribution in [-0.4, -0.2) is 24.1 Å². The number of fused-ring (bicyclic) bond motifs is 2. The van der Waals surface area contributed by atoms with E-state index in [1.807, 2.05) is 0 Å². The van der Waals surface area contributed by atoms with E-state index >= 15 is 0 Å². The Labute approximate surface area is 120 Å². The number of nitrogens with zero attached hydrogens (tertiary/aromatic N) is 1. The highest BCUT2D eigenvalue weighted by Gasteiger charge is 2.37. The number of ether oxygens (including phenoxy) is 1. The van der Waals surface area contributed by atoms with E-state index in [1.54, 1.807) is 0 Å². The minimum absolute atomic E-state index is 0.369. The fourth-order valence-corrected chi connectivity index (χ4v) is 3.46. The van der Waals surface area contributed by atoms with Crippen molar-refractivity contribution in [2.24, 2.45) is 5.92 Å². The van der Waals surface area contributed by atoms with Crippen molar-refractivity contribution in [1.29, 1.82) is 0 Å². The molecule has 2 unspecified atom stereocenters. The molecule has 2 aromatic rings. The number of para-hydroxylation sites is 1. The van der Waals surface area contributed by atoms with Gasteiger partial charge in [-0.25, -0.2) is 0 Å². The molecule has 2 heteroatoms. The Morgan fingerprint density at radius 2 is 1.75 bits per heavy atom. The highest BCUT2D eigenvalue weighted by molar-refractivity contribution is 5.36. The topological polar surface area (TPSA) is 12.5 Å². The molecule has 0 amide bonds. The number of hydrogen-bond acceptors (Lipinski definition) is 2. The first-order valence-electron chi connectivity index (χ1n) is 7.39. The van der Waals surface area contributed by atoms with E-state index in [1.165, 1.54) is 11.1 Å². The lowest BCUT2D eigenvalue weighted by atomic mass is 9.93. The zero-order chi connectivity index (χ0) is 13.4. The van der Waals surface area contributed by atoms with Gasteiger partial charge in [0.05, 0.1) is 0 Å². The molecule has 0 aliphatic carbocycles. The van der Waals surface area contributed by atoms with Crippen LogP contribution in [0, 0.1) is 5.92 Å². The first kappa shape index (κ1) is 12.0. The minimum atomic E-state index is 0.369. The van der Waals surface area contributed by atoms with Crippen molar-refractivity contribution in [2.75, 3.05) is 13.1 Å². The molecule has 0 spiro atoms. The third kappa shape index (κ3) is 2.20. The molecule has 2 nitrogen and oxygen atoms in total. The largest absolute Gasteiger partial charge is 0.488 e. The van der Waals surface area contributed by atoms with E-state index < -0.39 is 0 Å². The van der Waals surface area contributed by atoms with Gasteiger partial charge in [-0.2, -0.15) is 0 Å². The number of benzene rings is 2. The maximum Gasteiger partial charge on any atom is 0.123 e. The standard InChI is InChI=1S/C18H19NO/c1-2-6-14(7-3-1)11-19-12-16-10-15-8-4-5-9-17(15)20-18(16)13-19/h1-9,16,18H,10-13H2. The molecule has 1 fully saturated rings. The summed E-state index contributed by atoms with van der Waals surface area (Å²) in [6, 6.07) is 19.2. The van der Waals surface area contributed by atoms with Gasteiger partial charge in [-0.05, 0) is 23.6 Å². The van der Waals surface area contributed by atoms with E-state index in [9.17, 15) is 0 Å². The quantitative estimate of drug-likeness (QED) is 0.827. The van der Waals surface area contributed by atoms with Gasteiger partial charge in [-0.1, -0.05) is 48.5 Å². The monoisotopic (exact) mass is 265 g/mol. The molecule has 0 aromatic heterocycles. The SMILES string of the molecule is c1ccc(CN2CC3Cc4ccccc4OC3C2)cc1. The molecular formula is C18H19NO. The molecule has 2 aromatic carbocycles. The molecular weight excluding hydrogens is 246 g/mol. The van der Waals surface area contributed by atoms with Crippen LogP contribution in [0.25, 0.3) is 0 Å². The Balaban J connectivity index is 1.47. The fraction of sp³-hybridized carbons (Fsp3) is 0.333. The summed E-state index contributed by atoms with van der Waals surface area (Å²) in [6.07, 6.45) is 1.53. The van der Waals surface area contributed by atoms with Crippen molar-refractivity contribution in [1.82, 2.24) is 4.90 Å². The lowest BCUT2D eigenvalue weighted by Crippen LogP contribution is -2.31. The van der Waals surface area contributed by atoms with Gasteiger partial charge < -0.3 is 4.74 Å². The van der Waals surface area contributed by atoms with Gasteiger partial charge >= 0.3 is 0 Å². The molecule has 0 saturated carbocycles. The maximum atomic E-state index is 6.18. The second-order valence-electron chi connectivity index (χ2n) is 5.91. The van der Waals surface area contributed by atoms with Crippen LogP contribution in [0.1, 0.15) is 11.1 Å². The summed E-state index contributed by atoms with van der Waals surface area (Å²) in [5.41, 5.74) is 2.76. The van der Waals surface area contributed by atoms with E-state index in [2.05, 4.69) is 59.5 Å². The molecule has 0 N–H and O–H groups in total. The zero-order valence-corrected chi connectivity index (χ0v) is 11.5. The van der Waals surface area contributed by atoms with Gasteiger partial charge in [0.2, 0.25) is 0 Å². The van der Waals surface area contributed by atoms with Gasteiger partial charge in [0, 0.05) is 25.6 Å². The van der Waals surface area contributed by atoms with Crippen molar-refractivity contribution in [3.05, 3.63) is 65.7 Å². The lowest BCUT2D eigenvalue weighted by molar-refractivity contribution is 0.148. The highest BCUT2D eigenvalue weighted by Crippen LogP contribution is 2.34. The Morgan fingerprint density at radius 1 is 0.950 bits per heavy atom. The van der Waals surface area contributed by atoms with E-state index in [0.29, 0.717) is 12.0 Å². The Bertz CT molecular complexity index is 562. The molecule has 20 heavy (non-hydrogen) atoms. The third-order valence-corrected chi connectivity index (χ3v) is 4.44. The van der Waals surface area contributed by atoms with Crippen molar-refractivity contribution < 1.29 is 4.74 Å². The first-order chi connectivity index (χ1) is 9.88. The van der Waals surface area contributed by atoms with Crippen LogP contribution in [0.2, 0.25) is 0 Å². The van der Waals surface area contributed by atoms with Gasteiger partial charge in [-0.15, -0.1) is 0 Å². The van der Waals surface area contributed by atoms with Gasteiger partial charge in [0.1, 0.15) is 11.9 Å². The van der Waals surface area contributed by atoms with Crippen LogP contribution in [0.4, 0.5) is 0 Å². The first-order valence-corrected chi connectivity index (χ1v) is 7.39. The molecule has 1 saturated heterocycles. The van der Waals surface area contributed by atoms with Crippen molar-refractivity contribution in [3.8, 4) is 5.75 Å². The summed E-state index contributed by atoms with van der Waals surface area (Å²) in [5.74, 6) is 1.74. The maximum absolute atomic E-state index is 6.18. The Kier molecular flexibility index (Phi) is 2.96. The number of likely N-dealkylation sites (tertiary alicyclic amines) is 1. The van der Waals surface area contributed by atoms with Crippen molar-refractivity contribution in [3.63, 3.8) is 0 Å². The second-order valence-corrected chi connectivity index (χ2v) is 5.91. The van der Waals surface area contributed by atoms with Gasteiger partial charge in [0.15, 0.2) is 0 Å². The number of rotatable bonds is 2. The van der Waals surface area contributed by atoms with Crippen LogP contribution < -0.4 is 4.74 Å². The molecule has 4 rings (SSSR count). The average molecular weight is 265 g/mol. The summed E-state index contributed by atoms with van der Waals surface area (Å²) in [6.45, 7) is 3.23. The van der Waals surface area contributed by atoms with E-state index in [-0.39, 0.29) is 0 Å². The highest BCUT2D eigenvalue weighted by atomic mass is 16.5. The molecule has 2 aliphatic heterocycles. The van der Waals surface area contributed by atoms with Crippen LogP contribution in [-0.2, 0) is 13.0 Å². The Hall–Kier alpha value is -1.80. The predicted octanol–water partition coefficient (Wildman–Crippen LogP) is 3.12. The molecule has 0 bridgehead atoms.